The Morgan fingerprint density at radius 2 is 1.89 bits per heavy atom. The van der Waals surface area contributed by atoms with E-state index in [0.717, 1.165) is 22.9 Å². The number of hydrogen-bond acceptors (Lipinski definition) is 5. The summed E-state index contributed by atoms with van der Waals surface area (Å²) < 4.78 is 6.89. The van der Waals surface area contributed by atoms with Crippen molar-refractivity contribution < 1.29 is 9.53 Å². The van der Waals surface area contributed by atoms with Gasteiger partial charge in [-0.1, -0.05) is 18.2 Å². The number of carbonyl (C=O) groups is 1. The first-order chi connectivity index (χ1) is 13.7. The highest BCUT2D eigenvalue weighted by molar-refractivity contribution is 9.10. The molecule has 0 saturated carbocycles. The standard InChI is InChI=1S/C21H19BrN4O2/c22-15-8-9-19(25-13-15)28-16-5-3-12-26(14-16)21(27)18-7-2-1-6-17(18)20-23-10-4-11-24-20/h1-2,4,6-11,13,16H,3,5,12,14H2. The lowest BCUT2D eigenvalue weighted by molar-refractivity contribution is 0.0528. The van der Waals surface area contributed by atoms with Crippen molar-refractivity contribution in [3.05, 3.63) is 71.1 Å². The lowest BCUT2D eigenvalue weighted by atomic mass is 10.0. The van der Waals surface area contributed by atoms with E-state index in [-0.39, 0.29) is 12.0 Å². The first-order valence-electron chi connectivity index (χ1n) is 9.14. The minimum atomic E-state index is -0.0773. The Labute approximate surface area is 171 Å². The molecular formula is C21H19BrN4O2. The van der Waals surface area contributed by atoms with Gasteiger partial charge < -0.3 is 9.64 Å². The second-order valence-electron chi connectivity index (χ2n) is 6.57. The van der Waals surface area contributed by atoms with Gasteiger partial charge in [-0.05, 0) is 47.0 Å². The van der Waals surface area contributed by atoms with Crippen LogP contribution >= 0.6 is 15.9 Å². The third-order valence-corrected chi connectivity index (χ3v) is 5.09. The van der Waals surface area contributed by atoms with E-state index in [2.05, 4.69) is 30.9 Å². The molecule has 1 fully saturated rings. The molecule has 0 spiro atoms. The molecule has 6 nitrogen and oxygen atoms in total. The van der Waals surface area contributed by atoms with Crippen molar-refractivity contribution in [2.24, 2.45) is 0 Å². The Morgan fingerprint density at radius 1 is 1.07 bits per heavy atom. The summed E-state index contributed by atoms with van der Waals surface area (Å²) in [5, 5.41) is 0. The summed E-state index contributed by atoms with van der Waals surface area (Å²) in [6.45, 7) is 1.23. The molecule has 2 aromatic heterocycles. The van der Waals surface area contributed by atoms with Crippen LogP contribution in [-0.4, -0.2) is 45.0 Å². The number of benzene rings is 1. The lowest BCUT2D eigenvalue weighted by Crippen LogP contribution is -2.44. The number of halogens is 1. The number of nitrogens with zero attached hydrogens (tertiary/aromatic N) is 4. The van der Waals surface area contributed by atoms with Gasteiger partial charge in [0.2, 0.25) is 5.88 Å². The van der Waals surface area contributed by atoms with E-state index >= 15 is 0 Å². The predicted molar refractivity (Wildman–Crippen MR) is 109 cm³/mol. The number of amides is 1. The fourth-order valence-corrected chi connectivity index (χ4v) is 3.53. The zero-order valence-corrected chi connectivity index (χ0v) is 16.7. The number of hydrogen-bond donors (Lipinski definition) is 0. The van der Waals surface area contributed by atoms with Crippen molar-refractivity contribution in [1.82, 2.24) is 19.9 Å². The lowest BCUT2D eigenvalue weighted by Gasteiger charge is -2.33. The molecular weight excluding hydrogens is 420 g/mol. The maximum atomic E-state index is 13.2. The van der Waals surface area contributed by atoms with Gasteiger partial charge in [-0.3, -0.25) is 4.79 Å². The molecule has 3 heterocycles. The summed E-state index contributed by atoms with van der Waals surface area (Å²) in [6, 6.07) is 12.9. The maximum Gasteiger partial charge on any atom is 0.254 e. The zero-order chi connectivity index (χ0) is 19.3. The SMILES string of the molecule is O=C(c1ccccc1-c1ncccn1)N1CCCC(Oc2ccc(Br)cn2)C1. The van der Waals surface area contributed by atoms with Crippen LogP contribution in [-0.2, 0) is 0 Å². The van der Waals surface area contributed by atoms with Crippen LogP contribution < -0.4 is 4.74 Å². The number of ether oxygens (including phenoxy) is 1. The van der Waals surface area contributed by atoms with Crippen LogP contribution in [0.4, 0.5) is 0 Å². The second-order valence-corrected chi connectivity index (χ2v) is 7.48. The van der Waals surface area contributed by atoms with E-state index in [4.69, 9.17) is 4.74 Å². The fourth-order valence-electron chi connectivity index (χ4n) is 3.29. The van der Waals surface area contributed by atoms with E-state index in [1.165, 1.54) is 0 Å². The van der Waals surface area contributed by atoms with Crippen LogP contribution in [0.25, 0.3) is 11.4 Å². The molecule has 1 saturated heterocycles. The van der Waals surface area contributed by atoms with Crippen molar-refractivity contribution in [1.29, 1.82) is 0 Å². The Hall–Kier alpha value is -2.80. The number of rotatable bonds is 4. The highest BCUT2D eigenvalue weighted by Crippen LogP contribution is 2.24. The molecule has 1 amide bonds. The van der Waals surface area contributed by atoms with Crippen molar-refractivity contribution in [2.45, 2.75) is 18.9 Å². The van der Waals surface area contributed by atoms with Gasteiger partial charge in [0.1, 0.15) is 6.10 Å². The second kappa shape index (κ2) is 8.48. The predicted octanol–water partition coefficient (Wildman–Crippen LogP) is 3.98. The summed E-state index contributed by atoms with van der Waals surface area (Å²) in [6.07, 6.45) is 6.77. The Bertz CT molecular complexity index is 950. The van der Waals surface area contributed by atoms with Gasteiger partial charge in [0.15, 0.2) is 5.82 Å². The largest absolute Gasteiger partial charge is 0.472 e. The van der Waals surface area contributed by atoms with E-state index in [0.29, 0.717) is 30.4 Å². The van der Waals surface area contributed by atoms with Gasteiger partial charge in [-0.2, -0.15) is 0 Å². The van der Waals surface area contributed by atoms with E-state index < -0.39 is 0 Å². The summed E-state index contributed by atoms with van der Waals surface area (Å²) in [4.78, 5) is 27.9. The number of piperidine rings is 1. The topological polar surface area (TPSA) is 68.2 Å². The van der Waals surface area contributed by atoms with Crippen LogP contribution in [0.1, 0.15) is 23.2 Å². The van der Waals surface area contributed by atoms with Crippen molar-refractivity contribution >= 4 is 21.8 Å². The highest BCUT2D eigenvalue weighted by Gasteiger charge is 2.27. The highest BCUT2D eigenvalue weighted by atomic mass is 79.9. The number of aromatic nitrogens is 3. The monoisotopic (exact) mass is 438 g/mol. The summed E-state index contributed by atoms with van der Waals surface area (Å²) >= 11 is 3.37. The third kappa shape index (κ3) is 4.20. The summed E-state index contributed by atoms with van der Waals surface area (Å²) in [5.41, 5.74) is 1.35. The van der Waals surface area contributed by atoms with Gasteiger partial charge in [-0.25, -0.2) is 15.0 Å². The molecule has 7 heteroatoms. The molecule has 1 aromatic carbocycles. The zero-order valence-electron chi connectivity index (χ0n) is 15.2. The van der Waals surface area contributed by atoms with E-state index in [1.54, 1.807) is 24.7 Å². The maximum absolute atomic E-state index is 13.2. The molecule has 1 aliphatic heterocycles. The molecule has 0 aliphatic carbocycles. The van der Waals surface area contributed by atoms with Gasteiger partial charge in [0.25, 0.3) is 5.91 Å². The van der Waals surface area contributed by atoms with Crippen LogP contribution in [0.2, 0.25) is 0 Å². The van der Waals surface area contributed by atoms with Gasteiger partial charge in [-0.15, -0.1) is 0 Å². The molecule has 3 aromatic rings. The first kappa shape index (κ1) is 18.6. The minimum Gasteiger partial charge on any atom is -0.472 e. The Kier molecular flexibility index (Phi) is 5.62. The van der Waals surface area contributed by atoms with Crippen LogP contribution in [0, 0.1) is 0 Å². The average molecular weight is 439 g/mol. The van der Waals surface area contributed by atoms with Gasteiger partial charge in [0.05, 0.1) is 12.1 Å². The molecule has 4 rings (SSSR count). The molecule has 142 valence electrons. The van der Waals surface area contributed by atoms with Crippen LogP contribution in [0.3, 0.4) is 0 Å². The Balaban J connectivity index is 1.51. The minimum absolute atomic E-state index is 0.0277. The quantitative estimate of drug-likeness (QED) is 0.615. The number of likely N-dealkylation sites (tertiary alicyclic amines) is 1. The summed E-state index contributed by atoms with van der Waals surface area (Å²) in [7, 11) is 0. The normalized spacial score (nSPS) is 16.6. The molecule has 1 unspecified atom stereocenters. The number of carbonyl (C=O) groups excluding carboxylic acids is 1. The molecule has 1 aliphatic rings. The molecule has 0 N–H and O–H groups in total. The molecule has 28 heavy (non-hydrogen) atoms. The fraction of sp³-hybridized carbons (Fsp3) is 0.238. The van der Waals surface area contributed by atoms with Crippen molar-refractivity contribution in [3.8, 4) is 17.3 Å². The van der Waals surface area contributed by atoms with Crippen LogP contribution in [0.15, 0.2) is 65.5 Å². The number of pyridine rings is 1. The smallest absolute Gasteiger partial charge is 0.254 e. The average Bonchev–Trinajstić information content (AvgIpc) is 2.76. The van der Waals surface area contributed by atoms with Crippen molar-refractivity contribution in [2.75, 3.05) is 13.1 Å². The third-order valence-electron chi connectivity index (χ3n) is 4.62. The molecule has 1 atom stereocenters. The first-order valence-corrected chi connectivity index (χ1v) is 9.94. The molecule has 0 radical (unpaired) electrons. The summed E-state index contributed by atoms with van der Waals surface area (Å²) in [5.74, 6) is 1.09. The van der Waals surface area contributed by atoms with Gasteiger partial charge in [0, 0.05) is 41.2 Å². The van der Waals surface area contributed by atoms with Crippen molar-refractivity contribution in [3.63, 3.8) is 0 Å². The van der Waals surface area contributed by atoms with Crippen LogP contribution in [0.5, 0.6) is 5.88 Å². The van der Waals surface area contributed by atoms with E-state index in [1.807, 2.05) is 41.3 Å². The van der Waals surface area contributed by atoms with Gasteiger partial charge >= 0.3 is 0 Å². The van der Waals surface area contributed by atoms with E-state index in [9.17, 15) is 4.79 Å². The Morgan fingerprint density at radius 3 is 2.68 bits per heavy atom. The molecule has 0 bridgehead atoms.